The molecular formula is C17H23N3O3. The number of methoxy groups -OCH3 is 1. The first-order valence-corrected chi connectivity index (χ1v) is 7.63. The molecule has 0 spiro atoms. The maximum absolute atomic E-state index is 9.99. The number of aryl methyl sites for hydroxylation is 2. The molecule has 0 unspecified atom stereocenters. The summed E-state index contributed by atoms with van der Waals surface area (Å²) in [7, 11) is 1.61. The van der Waals surface area contributed by atoms with Gasteiger partial charge >= 0.3 is 0 Å². The Bertz CT molecular complexity index is 617. The van der Waals surface area contributed by atoms with Crippen LogP contribution in [0.4, 0.5) is 5.95 Å². The molecule has 0 saturated carbocycles. The molecule has 0 fully saturated rings. The molecule has 1 heterocycles. The van der Waals surface area contributed by atoms with Crippen molar-refractivity contribution in [3.63, 3.8) is 0 Å². The molecule has 0 amide bonds. The standard InChI is InChI=1S/C17H23N3O3/c1-4-16-12(2)9-18-17(20-16)19-10-13(21)11-23-15-7-5-14(22-3)6-8-15/h5-9,13,21H,4,10-11H2,1-3H3,(H,18,19,20)/t13-/m1/s1. The third-order valence-corrected chi connectivity index (χ3v) is 3.41. The number of nitrogens with one attached hydrogen (secondary N) is 1. The monoisotopic (exact) mass is 317 g/mol. The second-order valence-corrected chi connectivity index (χ2v) is 5.20. The molecule has 1 atom stereocenters. The van der Waals surface area contributed by atoms with Crippen LogP contribution in [0.25, 0.3) is 0 Å². The lowest BCUT2D eigenvalue weighted by Crippen LogP contribution is -2.27. The van der Waals surface area contributed by atoms with Crippen molar-refractivity contribution in [3.05, 3.63) is 41.7 Å². The summed E-state index contributed by atoms with van der Waals surface area (Å²) in [6, 6.07) is 7.23. The summed E-state index contributed by atoms with van der Waals surface area (Å²) in [6.07, 6.45) is 1.98. The van der Waals surface area contributed by atoms with Gasteiger partial charge in [-0.05, 0) is 43.2 Å². The zero-order valence-electron chi connectivity index (χ0n) is 13.7. The number of aromatic nitrogens is 2. The second kappa shape index (κ2) is 8.33. The average Bonchev–Trinajstić information content (AvgIpc) is 2.59. The average molecular weight is 317 g/mol. The highest BCUT2D eigenvalue weighted by molar-refractivity contribution is 5.31. The minimum absolute atomic E-state index is 0.186. The van der Waals surface area contributed by atoms with Gasteiger partial charge in [0, 0.05) is 18.4 Å². The topological polar surface area (TPSA) is 76.5 Å². The number of nitrogens with zero attached hydrogens (tertiary/aromatic N) is 2. The molecule has 0 aliphatic rings. The lowest BCUT2D eigenvalue weighted by Gasteiger charge is -2.14. The van der Waals surface area contributed by atoms with Crippen molar-refractivity contribution < 1.29 is 14.6 Å². The number of ether oxygens (including phenoxy) is 2. The minimum atomic E-state index is -0.660. The van der Waals surface area contributed by atoms with Crippen molar-refractivity contribution in [3.8, 4) is 11.5 Å². The van der Waals surface area contributed by atoms with E-state index < -0.39 is 6.10 Å². The zero-order valence-corrected chi connectivity index (χ0v) is 13.7. The van der Waals surface area contributed by atoms with E-state index in [2.05, 4.69) is 22.2 Å². The molecule has 2 rings (SSSR count). The van der Waals surface area contributed by atoms with Crippen molar-refractivity contribution in [1.82, 2.24) is 9.97 Å². The van der Waals surface area contributed by atoms with Crippen molar-refractivity contribution >= 4 is 5.95 Å². The normalized spacial score (nSPS) is 11.8. The van der Waals surface area contributed by atoms with E-state index >= 15 is 0 Å². The number of aliphatic hydroxyl groups is 1. The molecule has 124 valence electrons. The van der Waals surface area contributed by atoms with Gasteiger partial charge in [-0.1, -0.05) is 6.92 Å². The molecule has 6 nitrogen and oxygen atoms in total. The molecule has 0 aliphatic heterocycles. The van der Waals surface area contributed by atoms with Crippen LogP contribution in [0.1, 0.15) is 18.2 Å². The van der Waals surface area contributed by atoms with Gasteiger partial charge in [0.1, 0.15) is 24.2 Å². The smallest absolute Gasteiger partial charge is 0.222 e. The van der Waals surface area contributed by atoms with Gasteiger partial charge in [0.05, 0.1) is 7.11 Å². The fourth-order valence-electron chi connectivity index (χ4n) is 2.05. The predicted molar refractivity (Wildman–Crippen MR) is 89.1 cm³/mol. The van der Waals surface area contributed by atoms with Crippen LogP contribution >= 0.6 is 0 Å². The Morgan fingerprint density at radius 2 is 1.91 bits per heavy atom. The highest BCUT2D eigenvalue weighted by Gasteiger charge is 2.08. The van der Waals surface area contributed by atoms with E-state index in [1.54, 1.807) is 25.4 Å². The molecule has 0 aliphatic carbocycles. The highest BCUT2D eigenvalue weighted by atomic mass is 16.5. The number of benzene rings is 1. The van der Waals surface area contributed by atoms with Crippen LogP contribution < -0.4 is 14.8 Å². The molecule has 0 bridgehead atoms. The summed E-state index contributed by atoms with van der Waals surface area (Å²) in [5, 5.41) is 13.0. The van der Waals surface area contributed by atoms with Gasteiger partial charge in [0.25, 0.3) is 0 Å². The SMILES string of the molecule is CCc1nc(NC[C@@H](O)COc2ccc(OC)cc2)ncc1C. The Morgan fingerprint density at radius 3 is 2.57 bits per heavy atom. The molecule has 0 saturated heterocycles. The van der Waals surface area contributed by atoms with Crippen LogP contribution in [0.5, 0.6) is 11.5 Å². The molecule has 6 heteroatoms. The molecule has 2 aromatic rings. The van der Waals surface area contributed by atoms with Crippen molar-refractivity contribution in [1.29, 1.82) is 0 Å². The summed E-state index contributed by atoms with van der Waals surface area (Å²) >= 11 is 0. The fourth-order valence-corrected chi connectivity index (χ4v) is 2.05. The minimum Gasteiger partial charge on any atom is -0.497 e. The summed E-state index contributed by atoms with van der Waals surface area (Å²) in [6.45, 7) is 4.55. The maximum Gasteiger partial charge on any atom is 0.222 e. The van der Waals surface area contributed by atoms with Crippen molar-refractivity contribution in [2.45, 2.75) is 26.4 Å². The fraction of sp³-hybridized carbons (Fsp3) is 0.412. The van der Waals surface area contributed by atoms with Crippen molar-refractivity contribution in [2.75, 3.05) is 25.6 Å². The molecule has 1 aromatic heterocycles. The third-order valence-electron chi connectivity index (χ3n) is 3.41. The van der Waals surface area contributed by atoms with Gasteiger partial charge < -0.3 is 19.9 Å². The van der Waals surface area contributed by atoms with E-state index in [-0.39, 0.29) is 6.61 Å². The number of hydrogen-bond acceptors (Lipinski definition) is 6. The van der Waals surface area contributed by atoms with E-state index in [0.29, 0.717) is 18.2 Å². The van der Waals surface area contributed by atoms with Crippen LogP contribution in [0.15, 0.2) is 30.5 Å². The first kappa shape index (κ1) is 17.0. The maximum atomic E-state index is 9.99. The lowest BCUT2D eigenvalue weighted by atomic mass is 10.2. The number of rotatable bonds is 8. The van der Waals surface area contributed by atoms with Crippen LogP contribution in [-0.2, 0) is 6.42 Å². The predicted octanol–water partition coefficient (Wildman–Crippen LogP) is 2.21. The largest absolute Gasteiger partial charge is 0.497 e. The number of hydrogen-bond donors (Lipinski definition) is 2. The Kier molecular flexibility index (Phi) is 6.17. The highest BCUT2D eigenvalue weighted by Crippen LogP contribution is 2.17. The van der Waals surface area contributed by atoms with Gasteiger partial charge in [0.15, 0.2) is 0 Å². The van der Waals surface area contributed by atoms with E-state index in [4.69, 9.17) is 9.47 Å². The van der Waals surface area contributed by atoms with Gasteiger partial charge in [-0.15, -0.1) is 0 Å². The molecule has 0 radical (unpaired) electrons. The Hall–Kier alpha value is -2.34. The van der Waals surface area contributed by atoms with Gasteiger partial charge in [0.2, 0.25) is 5.95 Å². The summed E-state index contributed by atoms with van der Waals surface area (Å²) < 4.78 is 10.6. The van der Waals surface area contributed by atoms with Crippen LogP contribution in [0, 0.1) is 6.92 Å². The molecular weight excluding hydrogens is 294 g/mol. The van der Waals surface area contributed by atoms with Gasteiger partial charge in [-0.25, -0.2) is 9.97 Å². The Morgan fingerprint density at radius 1 is 1.22 bits per heavy atom. The van der Waals surface area contributed by atoms with Crippen LogP contribution in [0.3, 0.4) is 0 Å². The number of anilines is 1. The Balaban J connectivity index is 1.79. The van der Waals surface area contributed by atoms with Gasteiger partial charge in [-0.3, -0.25) is 0 Å². The van der Waals surface area contributed by atoms with E-state index in [1.165, 1.54) is 0 Å². The summed E-state index contributed by atoms with van der Waals surface area (Å²) in [5.41, 5.74) is 2.08. The Labute approximate surface area is 136 Å². The van der Waals surface area contributed by atoms with Crippen LogP contribution in [0.2, 0.25) is 0 Å². The quantitative estimate of drug-likeness (QED) is 0.777. The lowest BCUT2D eigenvalue weighted by molar-refractivity contribution is 0.117. The first-order valence-electron chi connectivity index (χ1n) is 7.63. The summed E-state index contributed by atoms with van der Waals surface area (Å²) in [4.78, 5) is 8.62. The molecule has 2 N–H and O–H groups in total. The zero-order chi connectivity index (χ0) is 16.7. The third kappa shape index (κ3) is 5.10. The van der Waals surface area contributed by atoms with Crippen LogP contribution in [-0.4, -0.2) is 41.4 Å². The molecule has 1 aromatic carbocycles. The van der Waals surface area contributed by atoms with E-state index in [0.717, 1.165) is 23.4 Å². The number of aliphatic hydroxyl groups excluding tert-OH is 1. The van der Waals surface area contributed by atoms with E-state index in [1.807, 2.05) is 19.1 Å². The first-order chi connectivity index (χ1) is 11.1. The van der Waals surface area contributed by atoms with Gasteiger partial charge in [-0.2, -0.15) is 0 Å². The molecule has 23 heavy (non-hydrogen) atoms. The van der Waals surface area contributed by atoms with Crippen molar-refractivity contribution in [2.24, 2.45) is 0 Å². The van der Waals surface area contributed by atoms with E-state index in [9.17, 15) is 5.11 Å². The summed E-state index contributed by atoms with van der Waals surface area (Å²) in [5.74, 6) is 1.98. The second-order valence-electron chi connectivity index (χ2n) is 5.20.